The Morgan fingerprint density at radius 1 is 1.28 bits per heavy atom. The maximum absolute atomic E-state index is 12.5. The number of carbonyl (C=O) groups is 1. The van der Waals surface area contributed by atoms with Crippen molar-refractivity contribution < 1.29 is 9.53 Å². The van der Waals surface area contributed by atoms with Crippen LogP contribution in [0.3, 0.4) is 0 Å². The van der Waals surface area contributed by atoms with E-state index in [-0.39, 0.29) is 11.5 Å². The second-order valence-electron chi connectivity index (χ2n) is 5.80. The van der Waals surface area contributed by atoms with Crippen LogP contribution in [0.5, 0.6) is 5.75 Å². The van der Waals surface area contributed by atoms with Gasteiger partial charge in [0.2, 0.25) is 0 Å². The van der Waals surface area contributed by atoms with Crippen molar-refractivity contribution in [2.75, 3.05) is 32.6 Å². The highest BCUT2D eigenvalue weighted by molar-refractivity contribution is 6.06. The number of carbonyl (C=O) groups excluding carboxylic acids is 1. The summed E-state index contributed by atoms with van der Waals surface area (Å²) in [6.07, 6.45) is 3.27. The lowest BCUT2D eigenvalue weighted by molar-refractivity contribution is 0.102. The maximum atomic E-state index is 12.5. The average Bonchev–Trinajstić information content (AvgIpc) is 2.60. The van der Waals surface area contributed by atoms with E-state index in [0.29, 0.717) is 30.2 Å². The number of likely N-dealkylation sites (N-methyl/N-ethyl adjacent to an activating group) is 1. The van der Waals surface area contributed by atoms with Crippen LogP contribution < -0.4 is 15.6 Å². The lowest BCUT2D eigenvalue weighted by Gasteiger charge is -2.13. The molecule has 0 atom stereocenters. The molecule has 0 radical (unpaired) electrons. The highest BCUT2D eigenvalue weighted by Crippen LogP contribution is 2.19. The van der Waals surface area contributed by atoms with Crippen LogP contribution in [-0.2, 0) is 6.54 Å². The molecule has 0 saturated heterocycles. The summed E-state index contributed by atoms with van der Waals surface area (Å²) in [6.45, 7) is 5.21. The molecule has 2 aromatic rings. The van der Waals surface area contributed by atoms with Crippen LogP contribution in [0.4, 0.5) is 5.69 Å². The van der Waals surface area contributed by atoms with Gasteiger partial charge in [0.05, 0.1) is 11.3 Å². The Kier molecular flexibility index (Phi) is 6.54. The van der Waals surface area contributed by atoms with Crippen molar-refractivity contribution in [1.82, 2.24) is 9.47 Å². The fraction of sp³-hybridized carbons (Fsp3) is 0.263. The van der Waals surface area contributed by atoms with Crippen molar-refractivity contribution in [3.8, 4) is 5.75 Å². The van der Waals surface area contributed by atoms with Crippen molar-refractivity contribution in [3.05, 3.63) is 71.2 Å². The van der Waals surface area contributed by atoms with Gasteiger partial charge >= 0.3 is 0 Å². The number of anilines is 1. The minimum absolute atomic E-state index is 0.102. The molecule has 0 unspecified atom stereocenters. The zero-order valence-electron chi connectivity index (χ0n) is 14.6. The summed E-state index contributed by atoms with van der Waals surface area (Å²) < 4.78 is 7.09. The monoisotopic (exact) mass is 341 g/mol. The van der Waals surface area contributed by atoms with E-state index in [4.69, 9.17) is 4.74 Å². The number of hydrogen-bond donors (Lipinski definition) is 1. The third-order valence-corrected chi connectivity index (χ3v) is 3.52. The van der Waals surface area contributed by atoms with Gasteiger partial charge in [-0.05, 0) is 32.3 Å². The molecule has 0 spiro atoms. The van der Waals surface area contributed by atoms with Gasteiger partial charge in [-0.25, -0.2) is 0 Å². The molecule has 6 nitrogen and oxygen atoms in total. The number of nitrogens with one attached hydrogen (secondary N) is 1. The standard InChI is InChI=1S/C19H23N3O3/c1-4-13-25-17-8-6-5-7-16(17)19(24)20-15-9-10-18(23)22(14-15)12-11-21(2)3/h4-10,14H,1,11-13H2,2-3H3,(H,20,24). The van der Waals surface area contributed by atoms with Crippen molar-refractivity contribution in [1.29, 1.82) is 0 Å². The number of hydrogen-bond acceptors (Lipinski definition) is 4. The molecule has 0 fully saturated rings. The molecule has 25 heavy (non-hydrogen) atoms. The minimum Gasteiger partial charge on any atom is -0.489 e. The number of aromatic nitrogens is 1. The van der Waals surface area contributed by atoms with Crippen molar-refractivity contribution in [2.24, 2.45) is 0 Å². The van der Waals surface area contributed by atoms with Gasteiger partial charge in [0.15, 0.2) is 0 Å². The Bertz CT molecular complexity index is 796. The molecule has 0 aliphatic carbocycles. The Hall–Kier alpha value is -2.86. The molecule has 132 valence electrons. The summed E-state index contributed by atoms with van der Waals surface area (Å²) in [4.78, 5) is 26.5. The van der Waals surface area contributed by atoms with Crippen LogP contribution in [0.2, 0.25) is 0 Å². The molecular weight excluding hydrogens is 318 g/mol. The van der Waals surface area contributed by atoms with Crippen molar-refractivity contribution in [2.45, 2.75) is 6.54 Å². The summed E-state index contributed by atoms with van der Waals surface area (Å²) >= 11 is 0. The molecule has 2 rings (SSSR count). The molecule has 0 aliphatic heterocycles. The van der Waals surface area contributed by atoms with Gasteiger partial charge in [-0.3, -0.25) is 9.59 Å². The van der Waals surface area contributed by atoms with Crippen LogP contribution in [0.25, 0.3) is 0 Å². The number of amides is 1. The second kappa shape index (κ2) is 8.84. The van der Waals surface area contributed by atoms with Crippen LogP contribution in [0.15, 0.2) is 60.0 Å². The number of ether oxygens (including phenoxy) is 1. The molecule has 1 heterocycles. The van der Waals surface area contributed by atoms with Crippen molar-refractivity contribution in [3.63, 3.8) is 0 Å². The third kappa shape index (κ3) is 5.32. The van der Waals surface area contributed by atoms with E-state index in [1.807, 2.05) is 19.0 Å². The van der Waals surface area contributed by atoms with Gasteiger partial charge in [0, 0.05) is 25.4 Å². The highest BCUT2D eigenvalue weighted by Gasteiger charge is 2.12. The lowest BCUT2D eigenvalue weighted by Crippen LogP contribution is -2.26. The first kappa shape index (κ1) is 18.5. The van der Waals surface area contributed by atoms with Gasteiger partial charge in [-0.2, -0.15) is 0 Å². The molecule has 0 saturated carbocycles. The van der Waals surface area contributed by atoms with Gasteiger partial charge in [-0.1, -0.05) is 24.8 Å². The molecular formula is C19H23N3O3. The van der Waals surface area contributed by atoms with E-state index in [0.717, 1.165) is 6.54 Å². The Morgan fingerprint density at radius 2 is 2.04 bits per heavy atom. The van der Waals surface area contributed by atoms with E-state index >= 15 is 0 Å². The fourth-order valence-electron chi connectivity index (χ4n) is 2.21. The first-order valence-corrected chi connectivity index (χ1v) is 8.00. The molecule has 0 aliphatic rings. The molecule has 0 bridgehead atoms. The van der Waals surface area contributed by atoms with Crippen LogP contribution in [0, 0.1) is 0 Å². The third-order valence-electron chi connectivity index (χ3n) is 3.52. The average molecular weight is 341 g/mol. The van der Waals surface area contributed by atoms with E-state index in [1.165, 1.54) is 6.07 Å². The number of nitrogens with zero attached hydrogens (tertiary/aromatic N) is 2. The largest absolute Gasteiger partial charge is 0.489 e. The van der Waals surface area contributed by atoms with Crippen LogP contribution >= 0.6 is 0 Å². The first-order chi connectivity index (χ1) is 12.0. The van der Waals surface area contributed by atoms with E-state index in [9.17, 15) is 9.59 Å². The summed E-state index contributed by atoms with van der Waals surface area (Å²) in [5.74, 6) is 0.193. The lowest BCUT2D eigenvalue weighted by atomic mass is 10.2. The second-order valence-corrected chi connectivity index (χ2v) is 5.80. The smallest absolute Gasteiger partial charge is 0.259 e. The molecule has 1 aromatic carbocycles. The molecule has 1 N–H and O–H groups in total. The van der Waals surface area contributed by atoms with Crippen LogP contribution in [-0.4, -0.2) is 42.6 Å². The zero-order chi connectivity index (χ0) is 18.2. The van der Waals surface area contributed by atoms with Crippen LogP contribution in [0.1, 0.15) is 10.4 Å². The Morgan fingerprint density at radius 3 is 2.76 bits per heavy atom. The predicted molar refractivity (Wildman–Crippen MR) is 99.3 cm³/mol. The summed E-state index contributed by atoms with van der Waals surface area (Å²) in [7, 11) is 3.88. The number of rotatable bonds is 8. The fourth-order valence-corrected chi connectivity index (χ4v) is 2.21. The zero-order valence-corrected chi connectivity index (χ0v) is 14.6. The van der Waals surface area contributed by atoms with E-state index < -0.39 is 0 Å². The van der Waals surface area contributed by atoms with E-state index in [2.05, 4.69) is 11.9 Å². The van der Waals surface area contributed by atoms with Gasteiger partial charge in [0.25, 0.3) is 11.5 Å². The van der Waals surface area contributed by atoms with Gasteiger partial charge in [0.1, 0.15) is 12.4 Å². The summed E-state index contributed by atoms with van der Waals surface area (Å²) in [5, 5.41) is 2.81. The quantitative estimate of drug-likeness (QED) is 0.748. The molecule has 1 amide bonds. The predicted octanol–water partition coefficient (Wildman–Crippen LogP) is 2.23. The molecule has 1 aromatic heterocycles. The number of pyridine rings is 1. The Labute approximate surface area is 147 Å². The van der Waals surface area contributed by atoms with E-state index in [1.54, 1.807) is 47.2 Å². The van der Waals surface area contributed by atoms with Crippen molar-refractivity contribution >= 4 is 11.6 Å². The first-order valence-electron chi connectivity index (χ1n) is 8.00. The summed E-state index contributed by atoms with van der Waals surface area (Å²) in [5.41, 5.74) is 0.881. The minimum atomic E-state index is -0.294. The van der Waals surface area contributed by atoms with Gasteiger partial charge in [-0.15, -0.1) is 0 Å². The molecule has 6 heteroatoms. The highest BCUT2D eigenvalue weighted by atomic mass is 16.5. The SMILES string of the molecule is C=CCOc1ccccc1C(=O)Nc1ccc(=O)n(CCN(C)C)c1. The maximum Gasteiger partial charge on any atom is 0.259 e. The van der Waals surface area contributed by atoms with Gasteiger partial charge < -0.3 is 19.5 Å². The summed E-state index contributed by atoms with van der Waals surface area (Å²) in [6, 6.07) is 10.0. The number of para-hydroxylation sites is 1. The normalized spacial score (nSPS) is 10.5. The number of benzene rings is 1. The Balaban J connectivity index is 2.17. The topological polar surface area (TPSA) is 63.6 Å².